The molecule has 8 nitrogen and oxygen atoms in total. The molecule has 2 aromatic rings. The zero-order chi connectivity index (χ0) is 22.3. The molecule has 1 saturated heterocycles. The number of nitrogens with zero attached hydrogens (tertiary/aromatic N) is 1. The molecule has 0 unspecified atom stereocenters. The van der Waals surface area contributed by atoms with Crippen molar-refractivity contribution in [3.63, 3.8) is 0 Å². The van der Waals surface area contributed by atoms with Crippen molar-refractivity contribution in [1.82, 2.24) is 5.32 Å². The van der Waals surface area contributed by atoms with Crippen molar-refractivity contribution < 1.29 is 22.7 Å². The van der Waals surface area contributed by atoms with Gasteiger partial charge < -0.3 is 20.1 Å². The molecule has 2 N–H and O–H groups in total. The highest BCUT2D eigenvalue weighted by molar-refractivity contribution is 8.15. The van der Waals surface area contributed by atoms with Gasteiger partial charge in [-0.05, 0) is 48.9 Å². The second kappa shape index (κ2) is 8.32. The maximum Gasteiger partial charge on any atom is 0.251 e. The summed E-state index contributed by atoms with van der Waals surface area (Å²) in [4.78, 5) is 17.2. The van der Waals surface area contributed by atoms with Gasteiger partial charge in [-0.3, -0.25) is 9.79 Å². The van der Waals surface area contributed by atoms with Crippen LogP contribution in [0.2, 0.25) is 0 Å². The Morgan fingerprint density at radius 3 is 2.59 bits per heavy atom. The smallest absolute Gasteiger partial charge is 0.251 e. The third-order valence-corrected chi connectivity index (χ3v) is 8.77. The van der Waals surface area contributed by atoms with Crippen molar-refractivity contribution in [1.29, 1.82) is 0 Å². The highest BCUT2D eigenvalue weighted by Crippen LogP contribution is 2.35. The Balaban J connectivity index is 1.19. The molecule has 0 bridgehead atoms. The van der Waals surface area contributed by atoms with Crippen LogP contribution in [0.1, 0.15) is 28.9 Å². The minimum atomic E-state index is -2.97. The predicted molar refractivity (Wildman–Crippen MR) is 125 cm³/mol. The second-order valence-corrected chi connectivity index (χ2v) is 11.4. The molecular weight excluding hydrogens is 450 g/mol. The number of amidine groups is 1. The molecule has 0 spiro atoms. The van der Waals surface area contributed by atoms with Crippen molar-refractivity contribution >= 4 is 38.4 Å². The van der Waals surface area contributed by atoms with Gasteiger partial charge >= 0.3 is 0 Å². The fourth-order valence-corrected chi connectivity index (χ4v) is 7.61. The first-order chi connectivity index (χ1) is 15.4. The van der Waals surface area contributed by atoms with Crippen LogP contribution in [0.25, 0.3) is 0 Å². The largest absolute Gasteiger partial charge is 0.486 e. The molecule has 3 atom stereocenters. The van der Waals surface area contributed by atoms with E-state index in [-0.39, 0.29) is 34.7 Å². The second-order valence-electron chi connectivity index (χ2n) is 8.04. The number of hydrogen-bond acceptors (Lipinski definition) is 8. The minimum Gasteiger partial charge on any atom is -0.486 e. The number of sulfone groups is 1. The number of nitrogens with one attached hydrogen (secondary N) is 2. The van der Waals surface area contributed by atoms with Crippen molar-refractivity contribution in [2.75, 3.05) is 30.0 Å². The van der Waals surface area contributed by atoms with Crippen molar-refractivity contribution in [2.24, 2.45) is 4.99 Å². The van der Waals surface area contributed by atoms with Crippen molar-refractivity contribution in [2.45, 2.75) is 24.3 Å². The minimum absolute atomic E-state index is 0.00500. The molecule has 0 radical (unpaired) electrons. The summed E-state index contributed by atoms with van der Waals surface area (Å²) in [6.07, 6.45) is 0. The van der Waals surface area contributed by atoms with E-state index >= 15 is 0 Å². The van der Waals surface area contributed by atoms with E-state index < -0.39 is 9.84 Å². The number of carbonyl (C=O) groups excluding carboxylic acids is 1. The fourth-order valence-electron chi connectivity index (χ4n) is 3.94. The molecule has 0 aliphatic carbocycles. The lowest BCUT2D eigenvalue weighted by molar-refractivity contribution is 0.0939. The number of amides is 1. The topological polar surface area (TPSA) is 106 Å². The van der Waals surface area contributed by atoms with Crippen LogP contribution in [0.5, 0.6) is 11.5 Å². The van der Waals surface area contributed by atoms with Crippen LogP contribution in [0, 0.1) is 0 Å². The molecule has 3 heterocycles. The first-order valence-electron chi connectivity index (χ1n) is 10.4. The van der Waals surface area contributed by atoms with Gasteiger partial charge in [0.15, 0.2) is 26.5 Å². The van der Waals surface area contributed by atoms with Gasteiger partial charge in [0.25, 0.3) is 5.91 Å². The van der Waals surface area contributed by atoms with Gasteiger partial charge in [-0.25, -0.2) is 8.42 Å². The number of aliphatic imine (C=N–C) groups is 1. The van der Waals surface area contributed by atoms with Crippen LogP contribution in [0.4, 0.5) is 5.69 Å². The summed E-state index contributed by atoms with van der Waals surface area (Å²) in [6, 6.07) is 12.4. The maximum absolute atomic E-state index is 12.7. The monoisotopic (exact) mass is 473 g/mol. The number of hydrogen-bond donors (Lipinski definition) is 2. The van der Waals surface area contributed by atoms with Crippen LogP contribution in [0.15, 0.2) is 47.5 Å². The molecule has 1 fully saturated rings. The highest BCUT2D eigenvalue weighted by Gasteiger charge is 2.42. The Kier molecular flexibility index (Phi) is 5.50. The maximum atomic E-state index is 12.7. The summed E-state index contributed by atoms with van der Waals surface area (Å²) in [5.41, 5.74) is 2.28. The van der Waals surface area contributed by atoms with E-state index in [9.17, 15) is 13.2 Å². The molecule has 32 heavy (non-hydrogen) atoms. The van der Waals surface area contributed by atoms with E-state index in [0.717, 1.165) is 22.2 Å². The molecule has 168 valence electrons. The third kappa shape index (κ3) is 4.42. The standard InChI is InChI=1S/C22H23N3O5S2/c1-13(15-4-7-18-19(10-15)30-9-8-29-18)23-21(26)14-2-5-16(6-3-14)24-22-25-17-11-32(27,28)12-20(17)31-22/h2-7,10,13,17,20H,8-9,11-12H2,1H3,(H,23,26)(H,24,25)/t13-,17-,20-/m0/s1. The van der Waals surface area contributed by atoms with Gasteiger partial charge in [0.2, 0.25) is 0 Å². The number of carbonyl (C=O) groups is 1. The van der Waals surface area contributed by atoms with Gasteiger partial charge in [-0.15, -0.1) is 0 Å². The van der Waals surface area contributed by atoms with Gasteiger partial charge in [0.05, 0.1) is 23.6 Å². The van der Waals surface area contributed by atoms with Crippen LogP contribution >= 0.6 is 11.8 Å². The third-order valence-electron chi connectivity index (χ3n) is 5.63. The molecule has 10 heteroatoms. The summed E-state index contributed by atoms with van der Waals surface area (Å²) in [5, 5.41) is 6.94. The van der Waals surface area contributed by atoms with Crippen LogP contribution in [-0.2, 0) is 9.84 Å². The predicted octanol–water partition coefficient (Wildman–Crippen LogP) is 2.63. The van der Waals surface area contributed by atoms with Gasteiger partial charge in [0, 0.05) is 16.5 Å². The average Bonchev–Trinajstić information content (AvgIpc) is 3.26. The molecule has 3 aliphatic rings. The Labute approximate surface area is 190 Å². The fraction of sp³-hybridized carbons (Fsp3) is 0.364. The summed E-state index contributed by atoms with van der Waals surface area (Å²) in [7, 11) is -2.97. The number of ether oxygens (including phenoxy) is 2. The summed E-state index contributed by atoms with van der Waals surface area (Å²) < 4.78 is 34.5. The summed E-state index contributed by atoms with van der Waals surface area (Å²) >= 11 is 1.47. The molecule has 0 aromatic heterocycles. The number of rotatable bonds is 4. The Hall–Kier alpha value is -2.72. The number of fused-ring (bicyclic) bond motifs is 2. The number of benzene rings is 2. The van der Waals surface area contributed by atoms with Crippen LogP contribution in [-0.4, -0.2) is 55.5 Å². The molecule has 3 aliphatic heterocycles. The van der Waals surface area contributed by atoms with E-state index in [4.69, 9.17) is 9.47 Å². The lowest BCUT2D eigenvalue weighted by Gasteiger charge is -2.21. The normalized spacial score (nSPS) is 23.7. The van der Waals surface area contributed by atoms with E-state index in [1.54, 1.807) is 12.1 Å². The van der Waals surface area contributed by atoms with Crippen molar-refractivity contribution in [3.8, 4) is 11.5 Å². The molecule has 0 saturated carbocycles. The first kappa shape index (κ1) is 21.1. The van der Waals surface area contributed by atoms with E-state index in [0.29, 0.717) is 24.5 Å². The quantitative estimate of drug-likeness (QED) is 0.703. The SMILES string of the molecule is C[C@H](NC(=O)c1ccc(NC2=N[C@H]3CS(=O)(=O)C[C@@H]3S2)cc1)c1ccc2c(c1)OCCO2. The average molecular weight is 474 g/mol. The molecule has 1 amide bonds. The Morgan fingerprint density at radius 1 is 1.09 bits per heavy atom. The first-order valence-corrected chi connectivity index (χ1v) is 13.1. The Bertz CT molecular complexity index is 1180. The molecule has 5 rings (SSSR count). The summed E-state index contributed by atoms with van der Waals surface area (Å²) in [6.45, 7) is 2.98. The lowest BCUT2D eigenvalue weighted by Crippen LogP contribution is -2.26. The lowest BCUT2D eigenvalue weighted by atomic mass is 10.1. The van der Waals surface area contributed by atoms with Crippen LogP contribution < -0.4 is 20.1 Å². The zero-order valence-corrected chi connectivity index (χ0v) is 19.0. The van der Waals surface area contributed by atoms with E-state index in [2.05, 4.69) is 15.6 Å². The molecular formula is C22H23N3O5S2. The molecule has 2 aromatic carbocycles. The van der Waals surface area contributed by atoms with Gasteiger partial charge in [-0.2, -0.15) is 0 Å². The van der Waals surface area contributed by atoms with E-state index in [1.165, 1.54) is 11.8 Å². The zero-order valence-electron chi connectivity index (χ0n) is 17.4. The number of thioether (sulfide) groups is 1. The summed E-state index contributed by atoms with van der Waals surface area (Å²) in [5.74, 6) is 1.54. The van der Waals surface area contributed by atoms with E-state index in [1.807, 2.05) is 37.3 Å². The number of anilines is 1. The Morgan fingerprint density at radius 2 is 1.84 bits per heavy atom. The van der Waals surface area contributed by atoms with Gasteiger partial charge in [-0.1, -0.05) is 17.8 Å². The van der Waals surface area contributed by atoms with Gasteiger partial charge in [0.1, 0.15) is 13.2 Å². The van der Waals surface area contributed by atoms with Crippen molar-refractivity contribution in [3.05, 3.63) is 53.6 Å². The highest BCUT2D eigenvalue weighted by atomic mass is 32.2. The van der Waals surface area contributed by atoms with Crippen LogP contribution in [0.3, 0.4) is 0 Å².